The van der Waals surface area contributed by atoms with Crippen LogP contribution in [-0.4, -0.2) is 39.6 Å². The van der Waals surface area contributed by atoms with Crippen molar-refractivity contribution in [1.82, 2.24) is 0 Å². The van der Waals surface area contributed by atoms with Crippen molar-refractivity contribution in [3.63, 3.8) is 0 Å². The highest BCUT2D eigenvalue weighted by atomic mass is 16.5. The predicted octanol–water partition coefficient (Wildman–Crippen LogP) is 2.85. The molecule has 0 amide bonds. The van der Waals surface area contributed by atoms with Gasteiger partial charge in [-0.1, -0.05) is 19.1 Å². The summed E-state index contributed by atoms with van der Waals surface area (Å²) in [5, 5.41) is 30.7. The van der Waals surface area contributed by atoms with Crippen molar-refractivity contribution in [2.24, 2.45) is 0 Å². The number of ketones is 2. The van der Waals surface area contributed by atoms with Crippen LogP contribution in [0.1, 0.15) is 45.2 Å². The molecule has 0 spiro atoms. The van der Waals surface area contributed by atoms with Gasteiger partial charge in [0.2, 0.25) is 11.6 Å². The SMILES string of the molecule is CCC(O)COc1ccc(-c2cc(N)c3c(c2O)C(=O)c2c(N)ccc(O)c2C3=O)cc1. The smallest absolute Gasteiger partial charge is 0.200 e. The second kappa shape index (κ2) is 7.90. The van der Waals surface area contributed by atoms with Gasteiger partial charge in [-0.2, -0.15) is 0 Å². The molecule has 0 aliphatic heterocycles. The lowest BCUT2D eigenvalue weighted by Crippen LogP contribution is -2.24. The zero-order chi connectivity index (χ0) is 23.2. The number of aliphatic hydroxyl groups excluding tert-OH is 1. The van der Waals surface area contributed by atoms with Crippen LogP contribution >= 0.6 is 0 Å². The van der Waals surface area contributed by atoms with E-state index in [1.165, 1.54) is 18.2 Å². The Balaban J connectivity index is 1.79. The van der Waals surface area contributed by atoms with E-state index >= 15 is 0 Å². The molecular formula is C24H22N2O6. The van der Waals surface area contributed by atoms with Crippen molar-refractivity contribution >= 4 is 22.9 Å². The number of anilines is 2. The summed E-state index contributed by atoms with van der Waals surface area (Å²) in [6, 6.07) is 10.6. The number of rotatable bonds is 5. The Kier molecular flexibility index (Phi) is 5.23. The molecule has 0 saturated carbocycles. The summed E-state index contributed by atoms with van der Waals surface area (Å²) in [4.78, 5) is 26.3. The Morgan fingerprint density at radius 1 is 0.875 bits per heavy atom. The van der Waals surface area contributed by atoms with E-state index in [9.17, 15) is 24.9 Å². The number of phenolic OH excluding ortho intramolecular Hbond substituents is 2. The molecule has 7 N–H and O–H groups in total. The van der Waals surface area contributed by atoms with Crippen LogP contribution in [0.5, 0.6) is 17.2 Å². The largest absolute Gasteiger partial charge is 0.507 e. The number of hydrogen-bond acceptors (Lipinski definition) is 8. The maximum absolute atomic E-state index is 13.2. The number of hydrogen-bond donors (Lipinski definition) is 5. The second-order valence-corrected chi connectivity index (χ2v) is 7.59. The van der Waals surface area contributed by atoms with Gasteiger partial charge in [0.15, 0.2) is 0 Å². The first-order valence-corrected chi connectivity index (χ1v) is 10.0. The van der Waals surface area contributed by atoms with Crippen LogP contribution in [0.4, 0.5) is 11.4 Å². The summed E-state index contributed by atoms with van der Waals surface area (Å²) >= 11 is 0. The molecule has 4 rings (SSSR count). The molecule has 1 aliphatic rings. The molecule has 3 aromatic rings. The van der Waals surface area contributed by atoms with Crippen molar-refractivity contribution in [2.45, 2.75) is 19.4 Å². The number of ether oxygens (including phenoxy) is 1. The highest BCUT2D eigenvalue weighted by Gasteiger charge is 2.38. The maximum Gasteiger partial charge on any atom is 0.200 e. The molecule has 0 radical (unpaired) electrons. The van der Waals surface area contributed by atoms with Gasteiger partial charge in [-0.05, 0) is 42.3 Å². The average Bonchev–Trinajstić information content (AvgIpc) is 2.78. The minimum absolute atomic E-state index is 0.00924. The molecule has 1 aliphatic carbocycles. The van der Waals surface area contributed by atoms with Gasteiger partial charge < -0.3 is 31.5 Å². The number of benzene rings is 3. The van der Waals surface area contributed by atoms with Gasteiger partial charge in [0.1, 0.15) is 23.9 Å². The van der Waals surface area contributed by atoms with Gasteiger partial charge in [0, 0.05) is 16.9 Å². The van der Waals surface area contributed by atoms with Gasteiger partial charge in [-0.15, -0.1) is 0 Å². The zero-order valence-electron chi connectivity index (χ0n) is 17.3. The number of nitrogen functional groups attached to an aromatic ring is 2. The molecule has 0 bridgehead atoms. The summed E-state index contributed by atoms with van der Waals surface area (Å²) in [5.74, 6) is -1.64. The maximum atomic E-state index is 13.2. The zero-order valence-corrected chi connectivity index (χ0v) is 17.3. The molecule has 0 saturated heterocycles. The first-order valence-electron chi connectivity index (χ1n) is 10.0. The van der Waals surface area contributed by atoms with E-state index in [1.807, 2.05) is 6.92 Å². The van der Waals surface area contributed by atoms with Gasteiger partial charge in [-0.25, -0.2) is 0 Å². The Bertz CT molecular complexity index is 1250. The standard InChI is InChI=1S/C24H22N2O6/c1-2-12(27)10-32-13-5-3-11(4-6-13)14-9-16(26)19-21(22(14)29)24(31)18-15(25)7-8-17(28)20(18)23(19)30/h3-9,12,27-29H,2,10,25-26H2,1H3. The Hall–Kier alpha value is -4.04. The lowest BCUT2D eigenvalue weighted by molar-refractivity contribution is 0.0975. The Morgan fingerprint density at radius 3 is 2.16 bits per heavy atom. The Morgan fingerprint density at radius 2 is 1.50 bits per heavy atom. The molecule has 1 unspecified atom stereocenters. The number of carbonyl (C=O) groups excluding carboxylic acids is 2. The van der Waals surface area contributed by atoms with Gasteiger partial charge in [0.05, 0.1) is 28.4 Å². The normalized spacial score (nSPS) is 13.4. The van der Waals surface area contributed by atoms with Crippen molar-refractivity contribution in [1.29, 1.82) is 0 Å². The molecular weight excluding hydrogens is 412 g/mol. The number of aliphatic hydroxyl groups is 1. The highest BCUT2D eigenvalue weighted by Crippen LogP contribution is 2.45. The summed E-state index contributed by atoms with van der Waals surface area (Å²) in [6.45, 7) is 2.00. The summed E-state index contributed by atoms with van der Waals surface area (Å²) in [6.07, 6.45) is -0.00381. The summed E-state index contributed by atoms with van der Waals surface area (Å²) in [7, 11) is 0. The number of carbonyl (C=O) groups is 2. The summed E-state index contributed by atoms with van der Waals surface area (Å²) in [5.41, 5.74) is 12.0. The third-order valence-electron chi connectivity index (χ3n) is 5.53. The van der Waals surface area contributed by atoms with Crippen LogP contribution < -0.4 is 16.2 Å². The minimum atomic E-state index is -0.692. The molecule has 0 aromatic heterocycles. The number of fused-ring (bicyclic) bond motifs is 2. The highest BCUT2D eigenvalue weighted by molar-refractivity contribution is 6.33. The van der Waals surface area contributed by atoms with Crippen LogP contribution in [0, 0.1) is 0 Å². The lowest BCUT2D eigenvalue weighted by atomic mass is 9.80. The fraction of sp³-hybridized carbons (Fsp3) is 0.167. The Labute approximate surface area is 183 Å². The predicted molar refractivity (Wildman–Crippen MR) is 119 cm³/mol. The van der Waals surface area contributed by atoms with Crippen molar-refractivity contribution in [2.75, 3.05) is 18.1 Å². The van der Waals surface area contributed by atoms with Crippen LogP contribution in [0.2, 0.25) is 0 Å². The van der Waals surface area contributed by atoms with Gasteiger partial charge in [0.25, 0.3) is 0 Å². The van der Waals surface area contributed by atoms with Crippen LogP contribution in [0.25, 0.3) is 11.1 Å². The molecule has 8 heteroatoms. The van der Waals surface area contributed by atoms with E-state index in [2.05, 4.69) is 0 Å². The van der Waals surface area contributed by atoms with E-state index in [4.69, 9.17) is 16.2 Å². The molecule has 164 valence electrons. The quantitative estimate of drug-likeness (QED) is 0.237. The number of phenols is 2. The number of aromatic hydroxyl groups is 2. The van der Waals surface area contributed by atoms with Crippen molar-refractivity contribution in [3.05, 3.63) is 64.7 Å². The topological polar surface area (TPSA) is 156 Å². The van der Waals surface area contributed by atoms with E-state index < -0.39 is 23.4 Å². The average molecular weight is 434 g/mol. The van der Waals surface area contributed by atoms with Crippen LogP contribution in [-0.2, 0) is 0 Å². The van der Waals surface area contributed by atoms with Gasteiger partial charge >= 0.3 is 0 Å². The van der Waals surface area contributed by atoms with Crippen molar-refractivity contribution in [3.8, 4) is 28.4 Å². The van der Waals surface area contributed by atoms with Gasteiger partial charge in [-0.3, -0.25) is 9.59 Å². The molecule has 8 nitrogen and oxygen atoms in total. The van der Waals surface area contributed by atoms with E-state index in [0.717, 1.165) is 0 Å². The third kappa shape index (κ3) is 3.30. The van der Waals surface area contributed by atoms with E-state index in [0.29, 0.717) is 17.7 Å². The number of nitrogens with two attached hydrogens (primary N) is 2. The van der Waals surface area contributed by atoms with Crippen LogP contribution in [0.3, 0.4) is 0 Å². The first kappa shape index (κ1) is 21.2. The molecule has 3 aromatic carbocycles. The first-order chi connectivity index (χ1) is 15.2. The van der Waals surface area contributed by atoms with Crippen LogP contribution in [0.15, 0.2) is 42.5 Å². The monoisotopic (exact) mass is 434 g/mol. The summed E-state index contributed by atoms with van der Waals surface area (Å²) < 4.78 is 5.52. The van der Waals surface area contributed by atoms with E-state index in [-0.39, 0.29) is 51.5 Å². The van der Waals surface area contributed by atoms with Crippen molar-refractivity contribution < 1.29 is 29.6 Å². The second-order valence-electron chi connectivity index (χ2n) is 7.59. The fourth-order valence-electron chi connectivity index (χ4n) is 3.75. The molecule has 32 heavy (non-hydrogen) atoms. The minimum Gasteiger partial charge on any atom is -0.507 e. The van der Waals surface area contributed by atoms with E-state index in [1.54, 1.807) is 24.3 Å². The molecule has 0 heterocycles. The third-order valence-corrected chi connectivity index (χ3v) is 5.53. The lowest BCUT2D eigenvalue weighted by Gasteiger charge is -2.23. The fourth-order valence-corrected chi connectivity index (χ4v) is 3.75. The molecule has 0 fully saturated rings. The molecule has 1 atom stereocenters.